The quantitative estimate of drug-likeness (QED) is 0.742. The van der Waals surface area contributed by atoms with Crippen molar-refractivity contribution in [2.75, 3.05) is 6.61 Å². The van der Waals surface area contributed by atoms with E-state index in [0.29, 0.717) is 11.9 Å². The number of nitrogens with zero attached hydrogens (tertiary/aromatic N) is 1. The molecular formula is C18H20N2O3S. The average molecular weight is 344 g/mol. The summed E-state index contributed by atoms with van der Waals surface area (Å²) in [5.41, 5.74) is 8.25. The van der Waals surface area contributed by atoms with E-state index < -0.39 is 16.1 Å². The number of aliphatic hydroxyl groups excluding tert-OH is 1. The number of fused-ring (bicyclic) bond motifs is 1. The van der Waals surface area contributed by atoms with Crippen LogP contribution in [-0.4, -0.2) is 30.1 Å². The van der Waals surface area contributed by atoms with Gasteiger partial charge in [-0.2, -0.15) is 0 Å². The van der Waals surface area contributed by atoms with Gasteiger partial charge in [-0.15, -0.1) is 0 Å². The molecular weight excluding hydrogens is 324 g/mol. The van der Waals surface area contributed by atoms with Crippen molar-refractivity contribution in [1.29, 1.82) is 0 Å². The fourth-order valence-electron chi connectivity index (χ4n) is 2.75. The number of aliphatic hydroxyl groups is 1. The predicted octanol–water partition coefficient (Wildman–Crippen LogP) is 2.05. The number of aromatic nitrogens is 1. The van der Waals surface area contributed by atoms with Crippen LogP contribution >= 0.6 is 0 Å². The molecule has 3 aromatic rings. The van der Waals surface area contributed by atoms with Gasteiger partial charge in [0, 0.05) is 17.6 Å². The van der Waals surface area contributed by atoms with E-state index in [-0.39, 0.29) is 11.5 Å². The van der Waals surface area contributed by atoms with E-state index in [2.05, 4.69) is 0 Å². The van der Waals surface area contributed by atoms with Crippen LogP contribution in [0.2, 0.25) is 0 Å². The van der Waals surface area contributed by atoms with E-state index in [1.807, 2.05) is 19.1 Å². The first-order chi connectivity index (χ1) is 11.4. The zero-order valence-corrected chi connectivity index (χ0v) is 14.2. The fraction of sp³-hybridized carbons (Fsp3) is 0.222. The molecule has 0 spiro atoms. The van der Waals surface area contributed by atoms with Crippen LogP contribution < -0.4 is 5.73 Å². The van der Waals surface area contributed by atoms with E-state index in [4.69, 9.17) is 5.73 Å². The van der Waals surface area contributed by atoms with E-state index in [0.717, 1.165) is 16.5 Å². The maximum atomic E-state index is 13.0. The van der Waals surface area contributed by atoms with Gasteiger partial charge in [-0.1, -0.05) is 35.9 Å². The third kappa shape index (κ3) is 2.96. The van der Waals surface area contributed by atoms with Crippen molar-refractivity contribution in [3.8, 4) is 0 Å². The summed E-state index contributed by atoms with van der Waals surface area (Å²) in [6.07, 6.45) is 2.02. The topological polar surface area (TPSA) is 85.3 Å². The highest BCUT2D eigenvalue weighted by Gasteiger charge is 2.21. The number of benzene rings is 2. The normalized spacial score (nSPS) is 13.3. The minimum Gasteiger partial charge on any atom is -0.395 e. The van der Waals surface area contributed by atoms with Crippen molar-refractivity contribution in [2.24, 2.45) is 5.73 Å². The molecule has 0 saturated heterocycles. The van der Waals surface area contributed by atoms with Gasteiger partial charge < -0.3 is 10.8 Å². The van der Waals surface area contributed by atoms with Crippen LogP contribution in [0.1, 0.15) is 11.1 Å². The highest BCUT2D eigenvalue weighted by molar-refractivity contribution is 7.90. The summed E-state index contributed by atoms with van der Waals surface area (Å²) < 4.78 is 27.3. The third-order valence-electron chi connectivity index (χ3n) is 4.05. The molecule has 126 valence electrons. The first-order valence-corrected chi connectivity index (χ1v) is 9.15. The SMILES string of the molecule is Cc1ccc(S(=O)(=O)n2cc(CC(N)CO)c3ccccc32)cc1. The van der Waals surface area contributed by atoms with Crippen LogP contribution in [0.25, 0.3) is 10.9 Å². The summed E-state index contributed by atoms with van der Waals surface area (Å²) in [7, 11) is -3.69. The van der Waals surface area contributed by atoms with Crippen LogP contribution in [0.3, 0.4) is 0 Å². The van der Waals surface area contributed by atoms with Crippen molar-refractivity contribution < 1.29 is 13.5 Å². The summed E-state index contributed by atoms with van der Waals surface area (Å²) in [5.74, 6) is 0. The largest absolute Gasteiger partial charge is 0.395 e. The second-order valence-corrected chi connectivity index (χ2v) is 7.75. The molecule has 1 heterocycles. The zero-order valence-electron chi connectivity index (χ0n) is 13.4. The zero-order chi connectivity index (χ0) is 17.3. The molecule has 0 aliphatic heterocycles. The Morgan fingerprint density at radius 1 is 1.12 bits per heavy atom. The highest BCUT2D eigenvalue weighted by atomic mass is 32.2. The maximum Gasteiger partial charge on any atom is 0.268 e. The van der Waals surface area contributed by atoms with Gasteiger partial charge in [-0.25, -0.2) is 12.4 Å². The second-order valence-electron chi connectivity index (χ2n) is 5.93. The highest BCUT2D eigenvalue weighted by Crippen LogP contribution is 2.26. The number of hydrogen-bond acceptors (Lipinski definition) is 4. The van der Waals surface area contributed by atoms with Crippen LogP contribution in [0, 0.1) is 6.92 Å². The van der Waals surface area contributed by atoms with Crippen molar-refractivity contribution in [2.45, 2.75) is 24.3 Å². The van der Waals surface area contributed by atoms with Crippen LogP contribution in [0.15, 0.2) is 59.6 Å². The molecule has 1 unspecified atom stereocenters. The maximum absolute atomic E-state index is 13.0. The molecule has 3 N–H and O–H groups in total. The van der Waals surface area contributed by atoms with Crippen molar-refractivity contribution in [3.05, 3.63) is 65.9 Å². The van der Waals surface area contributed by atoms with Gasteiger partial charge >= 0.3 is 0 Å². The van der Waals surface area contributed by atoms with E-state index in [1.54, 1.807) is 42.6 Å². The number of para-hydroxylation sites is 1. The summed E-state index contributed by atoms with van der Waals surface area (Å²) in [4.78, 5) is 0.242. The Hall–Kier alpha value is -2.15. The lowest BCUT2D eigenvalue weighted by atomic mass is 10.1. The summed E-state index contributed by atoms with van der Waals surface area (Å²) >= 11 is 0. The lowest BCUT2D eigenvalue weighted by Crippen LogP contribution is -2.26. The van der Waals surface area contributed by atoms with Gasteiger partial charge in [-0.3, -0.25) is 0 Å². The molecule has 0 amide bonds. The Kier molecular flexibility index (Phi) is 4.45. The number of nitrogens with two attached hydrogens (primary N) is 1. The first kappa shape index (κ1) is 16.7. The van der Waals surface area contributed by atoms with Gasteiger partial charge in [-0.05, 0) is 37.1 Å². The third-order valence-corrected chi connectivity index (χ3v) is 5.74. The molecule has 0 radical (unpaired) electrons. The van der Waals surface area contributed by atoms with Crippen molar-refractivity contribution in [1.82, 2.24) is 3.97 Å². The molecule has 2 aromatic carbocycles. The number of aryl methyl sites for hydroxylation is 1. The molecule has 0 bridgehead atoms. The standard InChI is InChI=1S/C18H20N2O3S/c1-13-6-8-16(9-7-13)24(22,23)20-11-14(10-15(19)12-21)17-4-2-3-5-18(17)20/h2-9,11,15,21H,10,12,19H2,1H3. The minimum atomic E-state index is -3.69. The Balaban J connectivity index is 2.17. The molecule has 6 heteroatoms. The Labute approximate surface area is 141 Å². The molecule has 5 nitrogen and oxygen atoms in total. The van der Waals surface area contributed by atoms with E-state index >= 15 is 0 Å². The second kappa shape index (κ2) is 6.39. The fourth-order valence-corrected chi connectivity index (χ4v) is 4.14. The van der Waals surface area contributed by atoms with Gasteiger partial charge in [0.25, 0.3) is 10.0 Å². The summed E-state index contributed by atoms with van der Waals surface area (Å²) in [5, 5.41) is 10.0. The Morgan fingerprint density at radius 2 is 1.79 bits per heavy atom. The number of hydrogen-bond donors (Lipinski definition) is 2. The van der Waals surface area contributed by atoms with Crippen molar-refractivity contribution in [3.63, 3.8) is 0 Å². The van der Waals surface area contributed by atoms with Crippen LogP contribution in [0.5, 0.6) is 0 Å². The lowest BCUT2D eigenvalue weighted by Gasteiger charge is -2.08. The van der Waals surface area contributed by atoms with Gasteiger partial charge in [0.05, 0.1) is 17.0 Å². The van der Waals surface area contributed by atoms with Gasteiger partial charge in [0.2, 0.25) is 0 Å². The number of rotatable bonds is 5. The smallest absolute Gasteiger partial charge is 0.268 e. The van der Waals surface area contributed by atoms with Crippen molar-refractivity contribution >= 4 is 20.9 Å². The summed E-state index contributed by atoms with van der Waals surface area (Å²) in [6, 6.07) is 13.7. The average Bonchev–Trinajstić information content (AvgIpc) is 2.95. The minimum absolute atomic E-state index is 0.149. The Bertz CT molecular complexity index is 960. The monoisotopic (exact) mass is 344 g/mol. The molecule has 24 heavy (non-hydrogen) atoms. The molecule has 0 saturated carbocycles. The van der Waals surface area contributed by atoms with Gasteiger partial charge in [0.1, 0.15) is 0 Å². The molecule has 1 aromatic heterocycles. The molecule has 0 aliphatic carbocycles. The molecule has 1 atom stereocenters. The van der Waals surface area contributed by atoms with Crippen LogP contribution in [-0.2, 0) is 16.4 Å². The van der Waals surface area contributed by atoms with E-state index in [9.17, 15) is 13.5 Å². The summed E-state index contributed by atoms with van der Waals surface area (Å²) in [6.45, 7) is 1.76. The Morgan fingerprint density at radius 3 is 2.46 bits per heavy atom. The van der Waals surface area contributed by atoms with Crippen LogP contribution in [0.4, 0.5) is 0 Å². The molecule has 0 aliphatic rings. The van der Waals surface area contributed by atoms with Gasteiger partial charge in [0.15, 0.2) is 0 Å². The first-order valence-electron chi connectivity index (χ1n) is 7.71. The lowest BCUT2D eigenvalue weighted by molar-refractivity contribution is 0.265. The molecule has 3 rings (SSSR count). The van der Waals surface area contributed by atoms with E-state index in [1.165, 1.54) is 3.97 Å². The molecule has 0 fully saturated rings. The predicted molar refractivity (Wildman–Crippen MR) is 94.5 cm³/mol.